The van der Waals surface area contributed by atoms with Gasteiger partial charge in [-0.1, -0.05) is 23.1 Å². The summed E-state index contributed by atoms with van der Waals surface area (Å²) in [4.78, 5) is 34.7. The molecule has 1 N–H and O–H groups in total. The Morgan fingerprint density at radius 3 is 2.93 bits per heavy atom. The molecule has 0 radical (unpaired) electrons. The van der Waals surface area contributed by atoms with Crippen LogP contribution in [0.1, 0.15) is 37.8 Å². The fourth-order valence-corrected chi connectivity index (χ4v) is 6.30. The maximum absolute atomic E-state index is 12.8. The first-order chi connectivity index (χ1) is 14.5. The zero-order valence-corrected chi connectivity index (χ0v) is 18.6. The average Bonchev–Trinajstić information content (AvgIpc) is 3.12. The lowest BCUT2D eigenvalue weighted by atomic mass is 10.2. The van der Waals surface area contributed by atoms with Gasteiger partial charge in [0.25, 0.3) is 5.56 Å². The van der Waals surface area contributed by atoms with Gasteiger partial charge >= 0.3 is 0 Å². The standard InChI is InChI=1S/C19H17N5O3S3/c1-9(29-19-23-22-18(30-19)24(10(2)25)11-5-6-11)15-20-16(26)14-12(8-28-17(14)21-15)13-4-3-7-27-13/h3-4,7-9,11H,5-6H2,1-2H3,(H,20,21,26). The second-order valence-electron chi connectivity index (χ2n) is 6.99. The Kier molecular flexibility index (Phi) is 4.95. The van der Waals surface area contributed by atoms with Crippen molar-refractivity contribution in [2.75, 3.05) is 4.90 Å². The molecule has 0 aliphatic heterocycles. The van der Waals surface area contributed by atoms with E-state index in [0.717, 1.165) is 22.7 Å². The molecule has 1 fully saturated rings. The van der Waals surface area contributed by atoms with E-state index in [9.17, 15) is 9.59 Å². The largest absolute Gasteiger partial charge is 0.464 e. The molecule has 154 valence electrons. The van der Waals surface area contributed by atoms with Crippen LogP contribution < -0.4 is 10.5 Å². The monoisotopic (exact) mass is 459 g/mol. The highest BCUT2D eigenvalue weighted by molar-refractivity contribution is 8.01. The Morgan fingerprint density at radius 1 is 1.40 bits per heavy atom. The molecular formula is C19H17N5O3S3. The summed E-state index contributed by atoms with van der Waals surface area (Å²) in [5, 5.41) is 11.3. The fourth-order valence-electron chi connectivity index (χ4n) is 3.21. The Hall–Kier alpha value is -2.50. The van der Waals surface area contributed by atoms with E-state index in [4.69, 9.17) is 4.42 Å². The molecule has 1 aliphatic carbocycles. The molecule has 1 aliphatic rings. The van der Waals surface area contributed by atoms with Gasteiger partial charge in [-0.15, -0.1) is 21.5 Å². The molecule has 4 heterocycles. The van der Waals surface area contributed by atoms with Crippen LogP contribution in [0.25, 0.3) is 21.5 Å². The number of aromatic amines is 1. The van der Waals surface area contributed by atoms with Gasteiger partial charge in [0.2, 0.25) is 11.0 Å². The van der Waals surface area contributed by atoms with Crippen LogP contribution in [0.3, 0.4) is 0 Å². The molecule has 1 saturated carbocycles. The van der Waals surface area contributed by atoms with Gasteiger partial charge in [-0.3, -0.25) is 14.5 Å². The van der Waals surface area contributed by atoms with E-state index in [1.165, 1.54) is 34.4 Å². The van der Waals surface area contributed by atoms with E-state index in [2.05, 4.69) is 20.2 Å². The van der Waals surface area contributed by atoms with Crippen molar-refractivity contribution in [3.63, 3.8) is 0 Å². The van der Waals surface area contributed by atoms with Crippen molar-refractivity contribution in [3.05, 3.63) is 40.0 Å². The first-order valence-corrected chi connectivity index (χ1v) is 11.9. The summed E-state index contributed by atoms with van der Waals surface area (Å²) in [6, 6.07) is 3.86. The van der Waals surface area contributed by atoms with Crippen LogP contribution in [0.2, 0.25) is 0 Å². The normalized spacial score (nSPS) is 14.9. The summed E-state index contributed by atoms with van der Waals surface area (Å²) in [7, 11) is 0. The van der Waals surface area contributed by atoms with Gasteiger partial charge in [0.15, 0.2) is 4.34 Å². The molecule has 11 heteroatoms. The maximum atomic E-state index is 12.8. The number of rotatable bonds is 6. The smallest absolute Gasteiger partial charge is 0.260 e. The average molecular weight is 460 g/mol. The Balaban J connectivity index is 1.40. The second kappa shape index (κ2) is 7.64. The summed E-state index contributed by atoms with van der Waals surface area (Å²) < 4.78 is 6.17. The lowest BCUT2D eigenvalue weighted by Crippen LogP contribution is -2.30. The van der Waals surface area contributed by atoms with E-state index < -0.39 is 0 Å². The number of furan rings is 1. The molecule has 0 saturated heterocycles. The molecule has 1 amide bonds. The Morgan fingerprint density at radius 2 is 2.23 bits per heavy atom. The van der Waals surface area contributed by atoms with Crippen molar-refractivity contribution < 1.29 is 9.21 Å². The molecule has 30 heavy (non-hydrogen) atoms. The highest BCUT2D eigenvalue weighted by Gasteiger charge is 2.34. The van der Waals surface area contributed by atoms with Crippen LogP contribution in [-0.4, -0.2) is 32.1 Å². The molecule has 8 nitrogen and oxygen atoms in total. The van der Waals surface area contributed by atoms with E-state index in [0.29, 0.717) is 26.9 Å². The molecule has 1 unspecified atom stereocenters. The highest BCUT2D eigenvalue weighted by atomic mass is 32.2. The van der Waals surface area contributed by atoms with Crippen LogP contribution >= 0.6 is 34.4 Å². The van der Waals surface area contributed by atoms with Crippen molar-refractivity contribution in [1.29, 1.82) is 0 Å². The van der Waals surface area contributed by atoms with Gasteiger partial charge in [0.1, 0.15) is 16.4 Å². The zero-order chi connectivity index (χ0) is 20.8. The molecule has 5 rings (SSSR count). The van der Waals surface area contributed by atoms with Crippen molar-refractivity contribution >= 4 is 55.7 Å². The van der Waals surface area contributed by atoms with Crippen molar-refractivity contribution in [3.8, 4) is 11.3 Å². The molecule has 4 aromatic rings. The quantitative estimate of drug-likeness (QED) is 0.335. The first kappa shape index (κ1) is 19.5. The van der Waals surface area contributed by atoms with Gasteiger partial charge in [-0.2, -0.15) is 0 Å². The van der Waals surface area contributed by atoms with Crippen LogP contribution in [0.15, 0.2) is 37.3 Å². The number of thioether (sulfide) groups is 1. The molecule has 1 atom stereocenters. The van der Waals surface area contributed by atoms with Crippen LogP contribution in [0.4, 0.5) is 5.13 Å². The summed E-state index contributed by atoms with van der Waals surface area (Å²) in [6.07, 6.45) is 3.59. The molecule has 0 bridgehead atoms. The first-order valence-electron chi connectivity index (χ1n) is 9.36. The molecule has 4 aromatic heterocycles. The number of anilines is 1. The predicted molar refractivity (Wildman–Crippen MR) is 118 cm³/mol. The fraction of sp³-hybridized carbons (Fsp3) is 0.316. The summed E-state index contributed by atoms with van der Waals surface area (Å²) in [6.45, 7) is 3.51. The number of hydrogen-bond acceptors (Lipinski definition) is 9. The number of carbonyl (C=O) groups is 1. The third kappa shape index (κ3) is 3.57. The number of carbonyl (C=O) groups excluding carboxylic acids is 1. The minimum atomic E-state index is -0.190. The number of aromatic nitrogens is 4. The Labute approximate surface area is 183 Å². The molecule has 0 spiro atoms. The third-order valence-electron chi connectivity index (χ3n) is 4.76. The van der Waals surface area contributed by atoms with Gasteiger partial charge in [-0.05, 0) is 31.9 Å². The number of nitrogens with zero attached hydrogens (tertiary/aromatic N) is 4. The van der Waals surface area contributed by atoms with E-state index >= 15 is 0 Å². The SMILES string of the molecule is CC(=O)N(c1nnc(SC(C)c2nc3scc(-c4ccco4)c3c(=O)[nH]2)s1)C1CC1. The predicted octanol–water partition coefficient (Wildman–Crippen LogP) is 4.46. The summed E-state index contributed by atoms with van der Waals surface area (Å²) >= 11 is 4.26. The number of H-pyrrole nitrogens is 1. The van der Waals surface area contributed by atoms with Crippen LogP contribution in [0, 0.1) is 0 Å². The number of hydrogen-bond donors (Lipinski definition) is 1. The van der Waals surface area contributed by atoms with E-state index in [1.54, 1.807) is 24.2 Å². The lowest BCUT2D eigenvalue weighted by Gasteiger charge is -2.15. The molecule has 0 aromatic carbocycles. The van der Waals surface area contributed by atoms with E-state index in [-0.39, 0.29) is 22.8 Å². The number of fused-ring (bicyclic) bond motifs is 1. The summed E-state index contributed by atoms with van der Waals surface area (Å²) in [5.74, 6) is 1.21. The van der Waals surface area contributed by atoms with Gasteiger partial charge in [-0.25, -0.2) is 4.98 Å². The highest BCUT2D eigenvalue weighted by Crippen LogP contribution is 2.40. The third-order valence-corrected chi connectivity index (χ3v) is 7.75. The minimum absolute atomic E-state index is 0.0141. The minimum Gasteiger partial charge on any atom is -0.464 e. The number of amides is 1. The zero-order valence-electron chi connectivity index (χ0n) is 16.1. The van der Waals surface area contributed by atoms with Crippen LogP contribution in [0.5, 0.6) is 0 Å². The number of nitrogens with one attached hydrogen (secondary N) is 1. The van der Waals surface area contributed by atoms with Gasteiger partial charge in [0.05, 0.1) is 16.9 Å². The summed E-state index contributed by atoms with van der Waals surface area (Å²) in [5.41, 5.74) is 0.559. The Bertz CT molecular complexity index is 1270. The molecular weight excluding hydrogens is 442 g/mol. The number of thiophene rings is 1. The van der Waals surface area contributed by atoms with E-state index in [1.807, 2.05) is 18.4 Å². The van der Waals surface area contributed by atoms with Crippen molar-refractivity contribution in [1.82, 2.24) is 20.2 Å². The maximum Gasteiger partial charge on any atom is 0.260 e. The van der Waals surface area contributed by atoms with Crippen molar-refractivity contribution in [2.45, 2.75) is 42.3 Å². The van der Waals surface area contributed by atoms with Gasteiger partial charge in [0, 0.05) is 23.9 Å². The topological polar surface area (TPSA) is 105 Å². The lowest BCUT2D eigenvalue weighted by molar-refractivity contribution is -0.116. The van der Waals surface area contributed by atoms with Crippen LogP contribution in [-0.2, 0) is 4.79 Å². The van der Waals surface area contributed by atoms with Crippen molar-refractivity contribution in [2.24, 2.45) is 0 Å². The second-order valence-corrected chi connectivity index (χ2v) is 10.4. The van der Waals surface area contributed by atoms with Gasteiger partial charge < -0.3 is 9.40 Å².